The Labute approximate surface area is 247 Å². The quantitative estimate of drug-likeness (QED) is 0.230. The van der Waals surface area contributed by atoms with Crippen molar-refractivity contribution in [1.29, 1.82) is 0 Å². The molecule has 222 valence electrons. The zero-order valence-electron chi connectivity index (χ0n) is 24.4. The molecule has 4 N–H and O–H groups in total. The molecule has 3 aromatic carbocycles. The van der Waals surface area contributed by atoms with Crippen LogP contribution in [0.3, 0.4) is 0 Å². The fraction of sp³-hybridized carbons (Fsp3) is 0.364. The highest BCUT2D eigenvalue weighted by molar-refractivity contribution is 5.92. The van der Waals surface area contributed by atoms with Gasteiger partial charge in [0.25, 0.3) is 0 Å². The molecule has 0 saturated heterocycles. The molecule has 0 fully saturated rings. The molecule has 4 bridgehead atoms. The number of methoxy groups -OCH3 is 1. The van der Waals surface area contributed by atoms with E-state index in [9.17, 15) is 14.4 Å². The van der Waals surface area contributed by atoms with Gasteiger partial charge in [-0.05, 0) is 73.4 Å². The molecule has 4 rings (SSSR count). The van der Waals surface area contributed by atoms with Crippen molar-refractivity contribution in [1.82, 2.24) is 21.3 Å². The molecule has 1 aliphatic heterocycles. The van der Waals surface area contributed by atoms with E-state index in [2.05, 4.69) is 21.3 Å². The highest BCUT2D eigenvalue weighted by Crippen LogP contribution is 2.29. The minimum Gasteiger partial charge on any atom is -0.489 e. The first-order valence-corrected chi connectivity index (χ1v) is 14.3. The summed E-state index contributed by atoms with van der Waals surface area (Å²) in [4.78, 5) is 39.8. The summed E-state index contributed by atoms with van der Waals surface area (Å²) in [5.74, 6) is -0.603. The molecule has 0 radical (unpaired) electrons. The van der Waals surface area contributed by atoms with Crippen LogP contribution in [-0.2, 0) is 38.6 Å². The van der Waals surface area contributed by atoms with Gasteiger partial charge in [-0.3, -0.25) is 9.59 Å². The number of ether oxygens (including phenoxy) is 2. The number of likely N-dealkylation sites (N-methyl/N-ethyl adjacent to an activating group) is 1. The highest BCUT2D eigenvalue weighted by atomic mass is 16.5. The van der Waals surface area contributed by atoms with Crippen molar-refractivity contribution in [3.05, 3.63) is 89.5 Å². The maximum atomic E-state index is 13.6. The second kappa shape index (κ2) is 15.1. The maximum Gasteiger partial charge on any atom is 0.328 e. The summed E-state index contributed by atoms with van der Waals surface area (Å²) < 4.78 is 11.3. The van der Waals surface area contributed by atoms with E-state index in [-0.39, 0.29) is 12.3 Å². The van der Waals surface area contributed by atoms with Crippen LogP contribution in [0, 0.1) is 0 Å². The van der Waals surface area contributed by atoms with Gasteiger partial charge >= 0.3 is 5.97 Å². The Balaban J connectivity index is 1.74. The third-order valence-corrected chi connectivity index (χ3v) is 7.44. The lowest BCUT2D eigenvalue weighted by Crippen LogP contribution is -2.55. The molecular formula is C33H40N4O5. The van der Waals surface area contributed by atoms with Gasteiger partial charge in [-0.1, -0.05) is 60.7 Å². The number of fused-ring (bicyclic) bond motifs is 5. The van der Waals surface area contributed by atoms with Crippen LogP contribution in [-0.4, -0.2) is 63.7 Å². The number of hydrogen-bond acceptors (Lipinski definition) is 7. The number of carbonyl (C=O) groups is 3. The van der Waals surface area contributed by atoms with Gasteiger partial charge in [0.15, 0.2) is 0 Å². The molecule has 1 aliphatic rings. The number of nitrogens with one attached hydrogen (secondary N) is 4. The van der Waals surface area contributed by atoms with Crippen LogP contribution < -0.4 is 26.0 Å². The van der Waals surface area contributed by atoms with Gasteiger partial charge in [-0.15, -0.1) is 0 Å². The smallest absolute Gasteiger partial charge is 0.328 e. The Morgan fingerprint density at radius 2 is 1.69 bits per heavy atom. The number of rotatable bonds is 9. The zero-order valence-corrected chi connectivity index (χ0v) is 24.4. The second-order valence-electron chi connectivity index (χ2n) is 10.4. The molecule has 9 nitrogen and oxygen atoms in total. The Morgan fingerprint density at radius 3 is 2.43 bits per heavy atom. The molecule has 3 atom stereocenters. The average Bonchev–Trinajstić information content (AvgIpc) is 3.01. The predicted molar refractivity (Wildman–Crippen MR) is 162 cm³/mol. The van der Waals surface area contributed by atoms with Crippen LogP contribution in [0.4, 0.5) is 0 Å². The van der Waals surface area contributed by atoms with Gasteiger partial charge in [0.1, 0.15) is 24.4 Å². The average molecular weight is 573 g/mol. The molecule has 9 heteroatoms. The van der Waals surface area contributed by atoms with E-state index < -0.39 is 30.0 Å². The van der Waals surface area contributed by atoms with Crippen molar-refractivity contribution in [2.24, 2.45) is 0 Å². The summed E-state index contributed by atoms with van der Waals surface area (Å²) in [6.07, 6.45) is 1.64. The molecule has 0 aromatic heterocycles. The number of amides is 2. The number of hydrogen-bond donors (Lipinski definition) is 4. The number of benzene rings is 3. The molecule has 0 unspecified atom stereocenters. The molecule has 2 amide bonds. The summed E-state index contributed by atoms with van der Waals surface area (Å²) in [6, 6.07) is 21.4. The largest absolute Gasteiger partial charge is 0.489 e. The van der Waals surface area contributed by atoms with Gasteiger partial charge in [-0.2, -0.15) is 0 Å². The SMILES string of the molecule is CNCCC[C@@H]1NC(=O)[C@@H](NC)Cc2cc(ccc2OCc2ccccc2)-c2cccc(c2)C[C@@H](C(=O)OC)NC1=O. The Morgan fingerprint density at radius 1 is 0.905 bits per heavy atom. The van der Waals surface area contributed by atoms with Gasteiger partial charge in [0.2, 0.25) is 11.8 Å². The molecule has 42 heavy (non-hydrogen) atoms. The summed E-state index contributed by atoms with van der Waals surface area (Å²) in [6.45, 7) is 1.07. The molecular weight excluding hydrogens is 532 g/mol. The van der Waals surface area contributed by atoms with E-state index in [1.54, 1.807) is 7.05 Å². The van der Waals surface area contributed by atoms with Crippen molar-refractivity contribution in [3.63, 3.8) is 0 Å². The lowest BCUT2D eigenvalue weighted by atomic mass is 9.96. The normalized spacial score (nSPS) is 19.1. The standard InChI is InChI=1S/C33H40N4O5/c1-34-16-8-13-27-31(38)37-29(33(40)41-3)18-23-11-7-12-24(17-23)25-14-15-30(42-21-22-9-5-4-6-10-22)26(19-25)20-28(35-2)32(39)36-27/h4-7,9-12,14-15,17,19,27-29,34-35H,8,13,16,18,20-21H2,1-3H3,(H,36,39)(H,37,38)/t27-,28-,29-/m0/s1. The van der Waals surface area contributed by atoms with Crippen LogP contribution in [0.2, 0.25) is 0 Å². The number of carbonyl (C=O) groups excluding carboxylic acids is 3. The van der Waals surface area contributed by atoms with Crippen LogP contribution in [0.25, 0.3) is 11.1 Å². The fourth-order valence-corrected chi connectivity index (χ4v) is 5.09. The number of esters is 1. The second-order valence-corrected chi connectivity index (χ2v) is 10.4. The lowest BCUT2D eigenvalue weighted by Gasteiger charge is -2.25. The van der Waals surface area contributed by atoms with Crippen LogP contribution >= 0.6 is 0 Å². The summed E-state index contributed by atoms with van der Waals surface area (Å²) >= 11 is 0. The highest BCUT2D eigenvalue weighted by Gasteiger charge is 2.30. The van der Waals surface area contributed by atoms with E-state index in [1.807, 2.05) is 79.8 Å². The first kappa shape index (κ1) is 30.7. The third kappa shape index (κ3) is 8.18. The van der Waals surface area contributed by atoms with E-state index in [1.165, 1.54) is 7.11 Å². The van der Waals surface area contributed by atoms with Crippen molar-refractivity contribution in [2.75, 3.05) is 27.7 Å². The Hall–Kier alpha value is -4.21. The zero-order chi connectivity index (χ0) is 29.9. The molecule has 0 saturated carbocycles. The maximum absolute atomic E-state index is 13.6. The molecule has 0 aliphatic carbocycles. The van der Waals surface area contributed by atoms with Crippen molar-refractivity contribution in [3.8, 4) is 16.9 Å². The summed E-state index contributed by atoms with van der Waals surface area (Å²) in [5.41, 5.74) is 4.67. The topological polar surface area (TPSA) is 118 Å². The van der Waals surface area contributed by atoms with E-state index >= 15 is 0 Å². The molecule has 1 heterocycles. The van der Waals surface area contributed by atoms with Gasteiger partial charge in [0.05, 0.1) is 13.2 Å². The molecule has 3 aromatic rings. The van der Waals surface area contributed by atoms with E-state index in [0.717, 1.165) is 27.8 Å². The van der Waals surface area contributed by atoms with E-state index in [4.69, 9.17) is 9.47 Å². The summed E-state index contributed by atoms with van der Waals surface area (Å²) in [5, 5.41) is 12.0. The van der Waals surface area contributed by atoms with Gasteiger partial charge in [-0.25, -0.2) is 4.79 Å². The lowest BCUT2D eigenvalue weighted by molar-refractivity contribution is -0.145. The summed E-state index contributed by atoms with van der Waals surface area (Å²) in [7, 11) is 4.85. The van der Waals surface area contributed by atoms with Crippen molar-refractivity contribution >= 4 is 17.8 Å². The Bertz CT molecular complexity index is 1360. The minimum absolute atomic E-state index is 0.244. The predicted octanol–water partition coefficient (Wildman–Crippen LogP) is 2.76. The first-order valence-electron chi connectivity index (χ1n) is 14.3. The van der Waals surface area contributed by atoms with Crippen molar-refractivity contribution < 1.29 is 23.9 Å². The Kier molecular flexibility index (Phi) is 11.1. The van der Waals surface area contributed by atoms with Crippen molar-refractivity contribution in [2.45, 2.75) is 50.4 Å². The van der Waals surface area contributed by atoms with Gasteiger partial charge < -0.3 is 30.7 Å². The minimum atomic E-state index is -0.906. The first-order chi connectivity index (χ1) is 20.4. The fourth-order valence-electron chi connectivity index (χ4n) is 5.09. The van der Waals surface area contributed by atoms with Crippen LogP contribution in [0.15, 0.2) is 72.8 Å². The third-order valence-electron chi connectivity index (χ3n) is 7.44. The van der Waals surface area contributed by atoms with Crippen LogP contribution in [0.1, 0.15) is 29.5 Å². The van der Waals surface area contributed by atoms with Gasteiger partial charge in [0, 0.05) is 12.8 Å². The monoisotopic (exact) mass is 572 g/mol. The van der Waals surface area contributed by atoms with Crippen LogP contribution in [0.5, 0.6) is 5.75 Å². The van der Waals surface area contributed by atoms with E-state index in [0.29, 0.717) is 38.2 Å². The molecule has 0 spiro atoms.